The molecule has 1 aromatic carbocycles. The van der Waals surface area contributed by atoms with Crippen LogP contribution in [0.2, 0.25) is 0 Å². The van der Waals surface area contributed by atoms with Gasteiger partial charge in [0.2, 0.25) is 0 Å². The van der Waals surface area contributed by atoms with Crippen molar-refractivity contribution in [3.8, 4) is 6.07 Å². The molecule has 0 saturated heterocycles. The molecule has 0 radical (unpaired) electrons. The summed E-state index contributed by atoms with van der Waals surface area (Å²) >= 11 is 0. The van der Waals surface area contributed by atoms with Crippen molar-refractivity contribution in [3.05, 3.63) is 29.3 Å². The Balaban J connectivity index is 2.19. The van der Waals surface area contributed by atoms with Crippen LogP contribution in [0.15, 0.2) is 12.1 Å². The number of halogens is 2. The molecular weight excluding hydrogens is 234 g/mol. The van der Waals surface area contributed by atoms with E-state index in [9.17, 15) is 8.78 Å². The topological polar surface area (TPSA) is 27.0 Å². The smallest absolute Gasteiger partial charge is 0.150 e. The maximum atomic E-state index is 13.8. The molecule has 0 heterocycles. The lowest BCUT2D eigenvalue weighted by Gasteiger charge is -2.24. The minimum atomic E-state index is -0.660. The van der Waals surface area contributed by atoms with Crippen LogP contribution in [0, 0.1) is 28.9 Å². The first-order chi connectivity index (χ1) is 8.61. The molecule has 0 bridgehead atoms. The van der Waals surface area contributed by atoms with Gasteiger partial charge in [0.15, 0.2) is 11.6 Å². The van der Waals surface area contributed by atoms with Gasteiger partial charge in [0.1, 0.15) is 5.69 Å². The Morgan fingerprint density at radius 2 is 1.83 bits per heavy atom. The summed E-state index contributed by atoms with van der Waals surface area (Å²) in [6, 6.07) is 3.92. The van der Waals surface area contributed by atoms with Crippen LogP contribution < -0.4 is 4.90 Å². The third-order valence-corrected chi connectivity index (χ3v) is 3.53. The van der Waals surface area contributed by atoms with Crippen molar-refractivity contribution in [1.82, 2.24) is 0 Å². The first kappa shape index (κ1) is 12.8. The maximum Gasteiger partial charge on any atom is 0.150 e. The molecule has 0 aromatic heterocycles. The summed E-state index contributed by atoms with van der Waals surface area (Å²) in [4.78, 5) is 1.63. The van der Waals surface area contributed by atoms with Gasteiger partial charge in [-0.2, -0.15) is 5.26 Å². The van der Waals surface area contributed by atoms with E-state index in [4.69, 9.17) is 5.26 Å². The summed E-state index contributed by atoms with van der Waals surface area (Å²) < 4.78 is 27.6. The largest absolute Gasteiger partial charge is 0.370 e. The van der Waals surface area contributed by atoms with Gasteiger partial charge in [0, 0.05) is 13.6 Å². The van der Waals surface area contributed by atoms with Gasteiger partial charge in [-0.15, -0.1) is 0 Å². The minimum Gasteiger partial charge on any atom is -0.370 e. The van der Waals surface area contributed by atoms with E-state index in [1.165, 1.54) is 12.8 Å². The summed E-state index contributed by atoms with van der Waals surface area (Å²) in [5, 5.41) is 8.65. The molecule has 18 heavy (non-hydrogen) atoms. The number of rotatable bonds is 3. The molecule has 1 aromatic rings. The lowest BCUT2D eigenvalue weighted by molar-refractivity contribution is 0.525. The van der Waals surface area contributed by atoms with Crippen molar-refractivity contribution >= 4 is 5.69 Å². The molecule has 4 heteroatoms. The number of nitriles is 1. The SMILES string of the molecule is CN(CC1CCCC1)c1c(F)cc(C#N)cc1F. The Kier molecular flexibility index (Phi) is 3.81. The highest BCUT2D eigenvalue weighted by Gasteiger charge is 2.21. The standard InChI is InChI=1S/C14H16F2N2/c1-18(9-10-4-2-3-5-10)14-12(15)6-11(8-17)7-13(14)16/h6-7,10H,2-5,9H2,1H3. The monoisotopic (exact) mass is 250 g/mol. The Morgan fingerprint density at radius 3 is 2.33 bits per heavy atom. The van der Waals surface area contributed by atoms with Gasteiger partial charge in [0.05, 0.1) is 11.6 Å². The van der Waals surface area contributed by atoms with Crippen LogP contribution in [-0.4, -0.2) is 13.6 Å². The summed E-state index contributed by atoms with van der Waals surface area (Å²) in [6.45, 7) is 0.666. The molecule has 2 rings (SSSR count). The van der Waals surface area contributed by atoms with Gasteiger partial charge in [-0.05, 0) is 30.9 Å². The molecule has 0 unspecified atom stereocenters. The van der Waals surface area contributed by atoms with Gasteiger partial charge in [-0.1, -0.05) is 12.8 Å². The van der Waals surface area contributed by atoms with E-state index < -0.39 is 11.6 Å². The molecule has 2 nitrogen and oxygen atoms in total. The van der Waals surface area contributed by atoms with Crippen molar-refractivity contribution in [2.75, 3.05) is 18.5 Å². The lowest BCUT2D eigenvalue weighted by atomic mass is 10.1. The zero-order chi connectivity index (χ0) is 13.1. The van der Waals surface area contributed by atoms with Gasteiger partial charge in [-0.3, -0.25) is 0 Å². The van der Waals surface area contributed by atoms with E-state index in [1.54, 1.807) is 18.0 Å². The van der Waals surface area contributed by atoms with Crippen LogP contribution in [0.1, 0.15) is 31.2 Å². The summed E-state index contributed by atoms with van der Waals surface area (Å²) in [7, 11) is 1.70. The van der Waals surface area contributed by atoms with Crippen molar-refractivity contribution in [2.24, 2.45) is 5.92 Å². The minimum absolute atomic E-state index is 0.0167. The van der Waals surface area contributed by atoms with Crippen LogP contribution in [0.3, 0.4) is 0 Å². The maximum absolute atomic E-state index is 13.8. The van der Waals surface area contributed by atoms with Gasteiger partial charge >= 0.3 is 0 Å². The third-order valence-electron chi connectivity index (χ3n) is 3.53. The second-order valence-electron chi connectivity index (χ2n) is 4.93. The molecule has 1 aliphatic rings. The molecule has 1 fully saturated rings. The quantitative estimate of drug-likeness (QED) is 0.821. The summed E-state index contributed by atoms with van der Waals surface area (Å²) in [5.41, 5.74) is -0.0103. The van der Waals surface area contributed by atoms with Crippen LogP contribution in [0.5, 0.6) is 0 Å². The molecule has 0 amide bonds. The van der Waals surface area contributed by atoms with E-state index >= 15 is 0 Å². The first-order valence-electron chi connectivity index (χ1n) is 6.22. The highest BCUT2D eigenvalue weighted by molar-refractivity contribution is 5.52. The number of hydrogen-bond donors (Lipinski definition) is 0. The Hall–Kier alpha value is -1.63. The number of benzene rings is 1. The zero-order valence-corrected chi connectivity index (χ0v) is 10.4. The van der Waals surface area contributed by atoms with Crippen LogP contribution >= 0.6 is 0 Å². The van der Waals surface area contributed by atoms with Crippen molar-refractivity contribution in [2.45, 2.75) is 25.7 Å². The predicted octanol–water partition coefficient (Wildman–Crippen LogP) is 3.46. The predicted molar refractivity (Wildman–Crippen MR) is 66.3 cm³/mol. The van der Waals surface area contributed by atoms with Crippen LogP contribution in [-0.2, 0) is 0 Å². The Bertz CT molecular complexity index is 450. The van der Waals surface area contributed by atoms with Gasteiger partial charge in [0.25, 0.3) is 0 Å². The van der Waals surface area contributed by atoms with Crippen LogP contribution in [0.4, 0.5) is 14.5 Å². The van der Waals surface area contributed by atoms with Crippen LogP contribution in [0.25, 0.3) is 0 Å². The van der Waals surface area contributed by atoms with E-state index in [0.29, 0.717) is 12.5 Å². The number of nitrogens with zero attached hydrogens (tertiary/aromatic N) is 2. The highest BCUT2D eigenvalue weighted by Crippen LogP contribution is 2.29. The zero-order valence-electron chi connectivity index (χ0n) is 10.4. The van der Waals surface area contributed by atoms with Gasteiger partial charge in [-0.25, -0.2) is 8.78 Å². The van der Waals surface area contributed by atoms with Crippen molar-refractivity contribution in [3.63, 3.8) is 0 Å². The summed E-state index contributed by atoms with van der Waals surface area (Å²) in [6.07, 6.45) is 4.67. The van der Waals surface area contributed by atoms with Gasteiger partial charge < -0.3 is 4.90 Å². The highest BCUT2D eigenvalue weighted by atomic mass is 19.1. The summed E-state index contributed by atoms with van der Waals surface area (Å²) in [5.74, 6) is -0.802. The van der Waals surface area contributed by atoms with E-state index in [1.807, 2.05) is 0 Å². The van der Waals surface area contributed by atoms with E-state index in [-0.39, 0.29) is 11.3 Å². The van der Waals surface area contributed by atoms with E-state index in [2.05, 4.69) is 0 Å². The fraction of sp³-hybridized carbons (Fsp3) is 0.500. The Labute approximate surface area is 106 Å². The van der Waals surface area contributed by atoms with E-state index in [0.717, 1.165) is 25.0 Å². The molecular formula is C14H16F2N2. The third kappa shape index (κ3) is 2.61. The molecule has 0 aliphatic heterocycles. The number of hydrogen-bond acceptors (Lipinski definition) is 2. The molecule has 0 N–H and O–H groups in total. The molecule has 0 spiro atoms. The second kappa shape index (κ2) is 5.34. The van der Waals surface area contributed by atoms with Crippen molar-refractivity contribution in [1.29, 1.82) is 5.26 Å². The molecule has 1 saturated carbocycles. The normalized spacial score (nSPS) is 15.7. The molecule has 96 valence electrons. The Morgan fingerprint density at radius 1 is 1.28 bits per heavy atom. The average molecular weight is 250 g/mol. The second-order valence-corrected chi connectivity index (χ2v) is 4.93. The first-order valence-corrected chi connectivity index (χ1v) is 6.22. The fourth-order valence-electron chi connectivity index (χ4n) is 2.67. The van der Waals surface area contributed by atoms with Crippen molar-refractivity contribution < 1.29 is 8.78 Å². The fourth-order valence-corrected chi connectivity index (χ4v) is 2.67. The lowest BCUT2D eigenvalue weighted by Crippen LogP contribution is -2.26. The number of anilines is 1. The molecule has 0 atom stereocenters. The average Bonchev–Trinajstić information content (AvgIpc) is 2.80. The molecule has 1 aliphatic carbocycles.